The van der Waals surface area contributed by atoms with Gasteiger partial charge in [-0.15, -0.1) is 0 Å². The van der Waals surface area contributed by atoms with Crippen molar-refractivity contribution in [3.8, 4) is 0 Å². The van der Waals surface area contributed by atoms with Crippen LogP contribution in [0.25, 0.3) is 0 Å². The fourth-order valence-corrected chi connectivity index (χ4v) is 2.55. The molecule has 0 radical (unpaired) electrons. The van der Waals surface area contributed by atoms with Crippen LogP contribution in [0.15, 0.2) is 0 Å². The summed E-state index contributed by atoms with van der Waals surface area (Å²) in [5.41, 5.74) is 0. The van der Waals surface area contributed by atoms with E-state index < -0.39 is 6.10 Å². The highest BCUT2D eigenvalue weighted by Gasteiger charge is 2.29. The van der Waals surface area contributed by atoms with Crippen molar-refractivity contribution in [3.63, 3.8) is 0 Å². The second kappa shape index (κ2) is 6.26. The molecule has 0 aromatic heterocycles. The Hall–Kier alpha value is -0.370. The maximum absolute atomic E-state index is 11.9. The maximum Gasteiger partial charge on any atom is 0.164 e. The van der Waals surface area contributed by atoms with Gasteiger partial charge in [0.25, 0.3) is 0 Å². The third-order valence-corrected chi connectivity index (χ3v) is 3.60. The van der Waals surface area contributed by atoms with Crippen LogP contribution in [0.1, 0.15) is 58.8 Å². The van der Waals surface area contributed by atoms with E-state index in [0.29, 0.717) is 0 Å². The summed E-state index contributed by atoms with van der Waals surface area (Å²) in [6.07, 6.45) is 6.92. The Kier molecular flexibility index (Phi) is 5.30. The molecular formula is C13H24O2. The summed E-state index contributed by atoms with van der Waals surface area (Å²) in [6, 6.07) is 0. The molecular weight excluding hydrogens is 188 g/mol. The average Bonchev–Trinajstić information content (AvgIpc) is 2.28. The van der Waals surface area contributed by atoms with Crippen molar-refractivity contribution in [2.75, 3.05) is 0 Å². The van der Waals surface area contributed by atoms with Crippen LogP contribution in [0.4, 0.5) is 0 Å². The Bertz CT molecular complexity index is 195. The van der Waals surface area contributed by atoms with E-state index in [4.69, 9.17) is 0 Å². The van der Waals surface area contributed by atoms with Crippen molar-refractivity contribution < 1.29 is 9.90 Å². The first-order valence-corrected chi connectivity index (χ1v) is 6.38. The van der Waals surface area contributed by atoms with Crippen LogP contribution >= 0.6 is 0 Å². The van der Waals surface area contributed by atoms with Crippen LogP contribution in [-0.2, 0) is 4.79 Å². The van der Waals surface area contributed by atoms with Gasteiger partial charge in [-0.1, -0.05) is 39.5 Å². The highest BCUT2D eigenvalue weighted by molar-refractivity contribution is 5.85. The molecule has 1 aliphatic carbocycles. The molecule has 0 heterocycles. The molecule has 0 bridgehead atoms. The lowest BCUT2D eigenvalue weighted by atomic mass is 9.81. The van der Waals surface area contributed by atoms with E-state index in [2.05, 4.69) is 6.92 Å². The zero-order valence-corrected chi connectivity index (χ0v) is 10.0. The fraction of sp³-hybridized carbons (Fsp3) is 0.923. The minimum Gasteiger partial charge on any atom is -0.385 e. The summed E-state index contributed by atoms with van der Waals surface area (Å²) in [4.78, 5) is 11.9. The Labute approximate surface area is 93.1 Å². The lowest BCUT2D eigenvalue weighted by molar-refractivity contribution is -0.134. The lowest BCUT2D eigenvalue weighted by Gasteiger charge is -2.27. The molecule has 15 heavy (non-hydrogen) atoms. The Morgan fingerprint density at radius 3 is 2.47 bits per heavy atom. The van der Waals surface area contributed by atoms with Crippen LogP contribution in [0, 0.1) is 11.8 Å². The first-order chi connectivity index (χ1) is 7.16. The summed E-state index contributed by atoms with van der Waals surface area (Å²) in [7, 11) is 0. The van der Waals surface area contributed by atoms with Gasteiger partial charge in [0.2, 0.25) is 0 Å². The van der Waals surface area contributed by atoms with Crippen LogP contribution in [0.5, 0.6) is 0 Å². The molecule has 1 fully saturated rings. The second-order valence-corrected chi connectivity index (χ2v) is 4.94. The van der Waals surface area contributed by atoms with Gasteiger partial charge >= 0.3 is 0 Å². The molecule has 0 aromatic rings. The van der Waals surface area contributed by atoms with Crippen molar-refractivity contribution >= 4 is 5.78 Å². The number of aliphatic hydroxyl groups is 1. The van der Waals surface area contributed by atoms with Crippen LogP contribution in [0.2, 0.25) is 0 Å². The number of rotatable bonds is 5. The van der Waals surface area contributed by atoms with Gasteiger partial charge in [0.1, 0.15) is 6.10 Å². The van der Waals surface area contributed by atoms with E-state index in [9.17, 15) is 9.90 Å². The smallest absolute Gasteiger partial charge is 0.164 e. The zero-order valence-electron chi connectivity index (χ0n) is 10.0. The van der Waals surface area contributed by atoms with Gasteiger partial charge in [0, 0.05) is 5.92 Å². The number of ketones is 1. The van der Waals surface area contributed by atoms with Crippen molar-refractivity contribution in [1.82, 2.24) is 0 Å². The van der Waals surface area contributed by atoms with Crippen molar-refractivity contribution in [3.05, 3.63) is 0 Å². The van der Waals surface area contributed by atoms with E-state index in [1.54, 1.807) is 0 Å². The number of hydrogen-bond donors (Lipinski definition) is 1. The minimum absolute atomic E-state index is 0.0342. The molecule has 1 aliphatic rings. The lowest BCUT2D eigenvalue weighted by Crippen LogP contribution is -2.34. The fourth-order valence-electron chi connectivity index (χ4n) is 2.55. The third-order valence-electron chi connectivity index (χ3n) is 3.60. The van der Waals surface area contributed by atoms with E-state index >= 15 is 0 Å². The first kappa shape index (κ1) is 12.7. The molecule has 2 nitrogen and oxygen atoms in total. The highest BCUT2D eigenvalue weighted by atomic mass is 16.3. The van der Waals surface area contributed by atoms with Crippen molar-refractivity contribution in [2.24, 2.45) is 11.8 Å². The van der Waals surface area contributed by atoms with Gasteiger partial charge < -0.3 is 5.11 Å². The standard InChI is InChI=1S/C13H24O2/c1-3-7-10(2)12(14)13(15)11-8-5-4-6-9-11/h10-11,13,15H,3-9H2,1-2H3. The molecule has 0 spiro atoms. The highest BCUT2D eigenvalue weighted by Crippen LogP contribution is 2.28. The van der Waals surface area contributed by atoms with E-state index in [-0.39, 0.29) is 17.6 Å². The molecule has 2 atom stereocenters. The largest absolute Gasteiger partial charge is 0.385 e. The van der Waals surface area contributed by atoms with E-state index in [1.807, 2.05) is 6.92 Å². The second-order valence-electron chi connectivity index (χ2n) is 4.94. The van der Waals surface area contributed by atoms with E-state index in [0.717, 1.165) is 25.7 Å². The van der Waals surface area contributed by atoms with Gasteiger partial charge in [-0.25, -0.2) is 0 Å². The molecule has 1 rings (SSSR count). The Morgan fingerprint density at radius 2 is 1.93 bits per heavy atom. The number of carbonyl (C=O) groups is 1. The molecule has 88 valence electrons. The van der Waals surface area contributed by atoms with E-state index in [1.165, 1.54) is 19.3 Å². The molecule has 1 saturated carbocycles. The average molecular weight is 212 g/mol. The molecule has 0 aromatic carbocycles. The maximum atomic E-state index is 11.9. The first-order valence-electron chi connectivity index (χ1n) is 6.38. The summed E-state index contributed by atoms with van der Waals surface area (Å²) >= 11 is 0. The zero-order chi connectivity index (χ0) is 11.3. The predicted molar refractivity (Wildman–Crippen MR) is 61.7 cm³/mol. The number of carbonyl (C=O) groups excluding carboxylic acids is 1. The number of aliphatic hydroxyl groups excluding tert-OH is 1. The quantitative estimate of drug-likeness (QED) is 0.760. The number of Topliss-reactive ketones (excluding diaryl/α,β-unsaturated/α-hetero) is 1. The van der Waals surface area contributed by atoms with Gasteiger partial charge in [0.15, 0.2) is 5.78 Å². The minimum atomic E-state index is -0.688. The van der Waals surface area contributed by atoms with Crippen LogP contribution < -0.4 is 0 Å². The summed E-state index contributed by atoms with van der Waals surface area (Å²) in [6.45, 7) is 4.02. The van der Waals surface area contributed by atoms with Crippen molar-refractivity contribution in [2.45, 2.75) is 64.9 Å². The summed E-state index contributed by atoms with van der Waals surface area (Å²) in [5.74, 6) is 0.348. The van der Waals surface area contributed by atoms with Crippen LogP contribution in [0.3, 0.4) is 0 Å². The molecule has 2 unspecified atom stereocenters. The van der Waals surface area contributed by atoms with Gasteiger partial charge in [-0.3, -0.25) is 4.79 Å². The molecule has 1 N–H and O–H groups in total. The molecule has 0 amide bonds. The predicted octanol–water partition coefficient (Wildman–Crippen LogP) is 2.93. The number of hydrogen-bond acceptors (Lipinski definition) is 2. The van der Waals surface area contributed by atoms with Gasteiger partial charge in [-0.2, -0.15) is 0 Å². The molecule has 2 heteroatoms. The molecule has 0 aliphatic heterocycles. The monoisotopic (exact) mass is 212 g/mol. The SMILES string of the molecule is CCCC(C)C(=O)C(O)C1CCCCC1. The van der Waals surface area contributed by atoms with Crippen molar-refractivity contribution in [1.29, 1.82) is 0 Å². The summed E-state index contributed by atoms with van der Waals surface area (Å²) in [5, 5.41) is 9.99. The van der Waals surface area contributed by atoms with Crippen LogP contribution in [-0.4, -0.2) is 17.0 Å². The van der Waals surface area contributed by atoms with Gasteiger partial charge in [-0.05, 0) is 25.2 Å². The van der Waals surface area contributed by atoms with Gasteiger partial charge in [0.05, 0.1) is 0 Å². The topological polar surface area (TPSA) is 37.3 Å². The third kappa shape index (κ3) is 3.60. The summed E-state index contributed by atoms with van der Waals surface area (Å²) < 4.78 is 0. The normalized spacial score (nSPS) is 22.3. The Morgan fingerprint density at radius 1 is 1.33 bits per heavy atom. The Balaban J connectivity index is 2.43. The molecule has 0 saturated heterocycles.